The number of nitrogens with one attached hydrogen (secondary N) is 1. The molecule has 1 aliphatic carbocycles. The van der Waals surface area contributed by atoms with Gasteiger partial charge >= 0.3 is 0 Å². The fourth-order valence-corrected chi connectivity index (χ4v) is 4.81. The van der Waals surface area contributed by atoms with E-state index in [4.69, 9.17) is 15.0 Å². The van der Waals surface area contributed by atoms with Crippen molar-refractivity contribution in [1.29, 1.82) is 0 Å². The molecule has 0 unspecified atom stereocenters. The third-order valence-corrected chi connectivity index (χ3v) is 7.29. The third kappa shape index (κ3) is 5.82. The van der Waals surface area contributed by atoms with Crippen molar-refractivity contribution in [3.05, 3.63) is 41.5 Å². The first kappa shape index (κ1) is 23.0. The first-order chi connectivity index (χ1) is 16.6. The maximum Gasteiger partial charge on any atom is 0.234 e. The molecule has 178 valence electrons. The van der Waals surface area contributed by atoms with E-state index in [9.17, 15) is 4.79 Å². The zero-order valence-electron chi connectivity index (χ0n) is 19.8. The van der Waals surface area contributed by atoms with Crippen LogP contribution in [0.15, 0.2) is 51.0 Å². The van der Waals surface area contributed by atoms with Crippen LogP contribution in [0.4, 0.5) is 11.9 Å². The van der Waals surface area contributed by atoms with Gasteiger partial charge in [-0.1, -0.05) is 19.1 Å². The number of nitrogens with zero attached hydrogens (tertiary/aromatic N) is 6. The molecule has 34 heavy (non-hydrogen) atoms. The van der Waals surface area contributed by atoms with E-state index < -0.39 is 0 Å². The van der Waals surface area contributed by atoms with Gasteiger partial charge < -0.3 is 15.1 Å². The molecule has 0 atom stereocenters. The van der Waals surface area contributed by atoms with Gasteiger partial charge in [0.15, 0.2) is 5.16 Å². The molecule has 0 spiro atoms. The van der Waals surface area contributed by atoms with Gasteiger partial charge in [0, 0.05) is 43.9 Å². The van der Waals surface area contributed by atoms with Crippen molar-refractivity contribution in [2.75, 3.05) is 50.0 Å². The standard InChI is InChI=1S/C25H31N7OS/c1-3-20(33)14-17-4-8-21(9-5-17)34-25-29-23(27-22-15-19(16-26-22)18-6-7-18)28-24(30-25)32-12-10-31(2)11-13-32/h4-5,8-9,15,18H,3,6-7,10-14,16H2,1-2H3,(H,26,27,28,29,30). The van der Waals surface area contributed by atoms with E-state index in [2.05, 4.69) is 33.2 Å². The summed E-state index contributed by atoms with van der Waals surface area (Å²) in [6.45, 7) is 6.41. The number of hydrogen-bond donors (Lipinski definition) is 1. The second kappa shape index (κ2) is 10.2. The Balaban J connectivity index is 1.35. The molecule has 1 aromatic carbocycles. The van der Waals surface area contributed by atoms with Crippen molar-refractivity contribution >= 4 is 35.3 Å². The maximum absolute atomic E-state index is 11.7. The van der Waals surface area contributed by atoms with Crippen LogP contribution in [0.2, 0.25) is 0 Å². The van der Waals surface area contributed by atoms with Crippen LogP contribution in [-0.2, 0) is 11.2 Å². The summed E-state index contributed by atoms with van der Waals surface area (Å²) in [4.78, 5) is 36.2. The van der Waals surface area contributed by atoms with Crippen LogP contribution in [-0.4, -0.2) is 71.2 Å². The van der Waals surface area contributed by atoms with Crippen LogP contribution in [0.5, 0.6) is 0 Å². The van der Waals surface area contributed by atoms with Gasteiger partial charge in [0.2, 0.25) is 11.9 Å². The molecule has 2 aromatic rings. The van der Waals surface area contributed by atoms with Crippen LogP contribution < -0.4 is 10.2 Å². The Kier molecular flexibility index (Phi) is 6.92. The van der Waals surface area contributed by atoms with Crippen LogP contribution >= 0.6 is 11.8 Å². The summed E-state index contributed by atoms with van der Waals surface area (Å²) in [7, 11) is 2.14. The Bertz CT molecular complexity index is 1100. The number of aromatic nitrogens is 3. The normalized spacial score (nSPS) is 18.6. The van der Waals surface area contributed by atoms with Gasteiger partial charge in [0.05, 0.1) is 6.54 Å². The molecule has 9 heteroatoms. The lowest BCUT2D eigenvalue weighted by Gasteiger charge is -2.32. The smallest absolute Gasteiger partial charge is 0.234 e. The Morgan fingerprint density at radius 1 is 1.09 bits per heavy atom. The Hall–Kier alpha value is -2.78. The predicted molar refractivity (Wildman–Crippen MR) is 136 cm³/mol. The number of amidine groups is 1. The molecule has 8 nitrogen and oxygen atoms in total. The summed E-state index contributed by atoms with van der Waals surface area (Å²) in [6.07, 6.45) is 5.75. The molecule has 5 rings (SSSR count). The molecular formula is C25H31N7OS. The van der Waals surface area contributed by atoms with Crippen molar-refractivity contribution in [2.45, 2.75) is 42.7 Å². The highest BCUT2D eigenvalue weighted by atomic mass is 32.2. The summed E-state index contributed by atoms with van der Waals surface area (Å²) >= 11 is 1.51. The number of carbonyl (C=O) groups is 1. The van der Waals surface area contributed by atoms with Crippen LogP contribution in [0.1, 0.15) is 31.7 Å². The molecular weight excluding hydrogens is 446 g/mol. The quantitative estimate of drug-likeness (QED) is 0.619. The second-order valence-corrected chi connectivity index (χ2v) is 10.2. The monoisotopic (exact) mass is 477 g/mol. The summed E-state index contributed by atoms with van der Waals surface area (Å²) in [6, 6.07) is 8.08. The van der Waals surface area contributed by atoms with Crippen molar-refractivity contribution < 1.29 is 4.79 Å². The SMILES string of the molecule is CCC(=O)Cc1ccc(Sc2nc(NC3=NCC(C4CC4)=C3)nc(N3CCN(C)CC3)n2)cc1. The van der Waals surface area contributed by atoms with E-state index >= 15 is 0 Å². The Morgan fingerprint density at radius 2 is 1.85 bits per heavy atom. The number of benzene rings is 1. The summed E-state index contributed by atoms with van der Waals surface area (Å²) in [5.74, 6) is 3.02. The minimum Gasteiger partial charge on any atom is -0.338 e. The molecule has 3 aliphatic rings. The highest BCUT2D eigenvalue weighted by Gasteiger charge is 2.28. The summed E-state index contributed by atoms with van der Waals surface area (Å²) in [5.41, 5.74) is 2.44. The topological polar surface area (TPSA) is 86.6 Å². The van der Waals surface area contributed by atoms with Crippen LogP contribution in [0.3, 0.4) is 0 Å². The summed E-state index contributed by atoms with van der Waals surface area (Å²) < 4.78 is 0. The lowest BCUT2D eigenvalue weighted by Crippen LogP contribution is -2.45. The van der Waals surface area contributed by atoms with E-state index in [-0.39, 0.29) is 5.78 Å². The molecule has 3 heterocycles. The third-order valence-electron chi connectivity index (χ3n) is 6.41. The molecule has 0 bridgehead atoms. The van der Waals surface area contributed by atoms with Crippen LogP contribution in [0, 0.1) is 5.92 Å². The number of likely N-dealkylation sites (N-methyl/N-ethyl adjacent to an activating group) is 1. The molecule has 1 saturated heterocycles. The number of piperazine rings is 1. The maximum atomic E-state index is 11.7. The van der Waals surface area contributed by atoms with Gasteiger partial charge in [-0.25, -0.2) is 0 Å². The van der Waals surface area contributed by atoms with Crippen LogP contribution in [0.25, 0.3) is 0 Å². The van der Waals surface area contributed by atoms with E-state index in [0.29, 0.717) is 35.8 Å². The van der Waals surface area contributed by atoms with Gasteiger partial charge in [-0.15, -0.1) is 0 Å². The van der Waals surface area contributed by atoms with Gasteiger partial charge in [-0.2, -0.15) is 15.0 Å². The fraction of sp³-hybridized carbons (Fsp3) is 0.480. The number of ketones is 1. The minimum absolute atomic E-state index is 0.249. The van der Waals surface area contributed by atoms with Crippen molar-refractivity contribution in [3.63, 3.8) is 0 Å². The lowest BCUT2D eigenvalue weighted by atomic mass is 10.1. The average Bonchev–Trinajstić information content (AvgIpc) is 3.59. The number of aliphatic imine (C=N–C) groups is 1. The first-order valence-electron chi connectivity index (χ1n) is 12.1. The Morgan fingerprint density at radius 3 is 2.56 bits per heavy atom. The lowest BCUT2D eigenvalue weighted by molar-refractivity contribution is -0.118. The number of anilines is 2. The van der Waals surface area contributed by atoms with E-state index in [1.807, 2.05) is 31.2 Å². The van der Waals surface area contributed by atoms with E-state index in [1.54, 1.807) is 0 Å². The number of carbonyl (C=O) groups excluding carboxylic acids is 1. The second-order valence-electron chi connectivity index (χ2n) is 9.17. The Labute approximate surface area is 205 Å². The highest BCUT2D eigenvalue weighted by Crippen LogP contribution is 2.38. The van der Waals surface area contributed by atoms with Crippen molar-refractivity contribution in [3.8, 4) is 0 Å². The highest BCUT2D eigenvalue weighted by molar-refractivity contribution is 7.99. The van der Waals surface area contributed by atoms with Crippen molar-refractivity contribution in [2.24, 2.45) is 10.9 Å². The largest absolute Gasteiger partial charge is 0.338 e. The summed E-state index contributed by atoms with van der Waals surface area (Å²) in [5, 5.41) is 3.98. The van der Waals surface area contributed by atoms with Crippen molar-refractivity contribution in [1.82, 2.24) is 19.9 Å². The molecule has 1 aromatic heterocycles. The van der Waals surface area contributed by atoms with Gasteiger partial charge in [-0.3, -0.25) is 9.79 Å². The average molecular weight is 478 g/mol. The number of hydrogen-bond acceptors (Lipinski definition) is 9. The fourth-order valence-electron chi connectivity index (χ4n) is 4.06. The van der Waals surface area contributed by atoms with Gasteiger partial charge in [0.1, 0.15) is 11.6 Å². The van der Waals surface area contributed by atoms with E-state index in [1.165, 1.54) is 30.2 Å². The minimum atomic E-state index is 0.249. The predicted octanol–water partition coefficient (Wildman–Crippen LogP) is 3.46. The van der Waals surface area contributed by atoms with Gasteiger partial charge in [-0.05, 0) is 66.9 Å². The molecule has 1 N–H and O–H groups in total. The molecule has 1 saturated carbocycles. The van der Waals surface area contributed by atoms with E-state index in [0.717, 1.165) is 49.0 Å². The number of rotatable bonds is 8. The van der Waals surface area contributed by atoms with Gasteiger partial charge in [0.25, 0.3) is 0 Å². The zero-order chi connectivity index (χ0) is 23.5. The molecule has 0 radical (unpaired) electrons. The molecule has 0 amide bonds. The molecule has 2 fully saturated rings. The molecule has 2 aliphatic heterocycles. The number of Topliss-reactive ketones (excluding diaryl/α,β-unsaturated/α-hetero) is 1. The first-order valence-corrected chi connectivity index (χ1v) is 12.9. The zero-order valence-corrected chi connectivity index (χ0v) is 20.6.